The van der Waals surface area contributed by atoms with E-state index in [2.05, 4.69) is 10.3 Å². The molecule has 0 radical (unpaired) electrons. The summed E-state index contributed by atoms with van der Waals surface area (Å²) in [5.41, 5.74) is 0.879. The highest BCUT2D eigenvalue weighted by molar-refractivity contribution is 5.29. The van der Waals surface area contributed by atoms with Crippen LogP contribution in [-0.4, -0.2) is 19.1 Å². The topological polar surface area (TPSA) is 34.2 Å². The SMILES string of the molecule is CNC(Cc1c(F)cccc1F)c1cncc(OC)c1. The van der Waals surface area contributed by atoms with Gasteiger partial charge >= 0.3 is 0 Å². The maximum atomic E-state index is 13.7. The van der Waals surface area contributed by atoms with Gasteiger partial charge in [0.05, 0.1) is 13.3 Å². The van der Waals surface area contributed by atoms with Crippen molar-refractivity contribution < 1.29 is 13.5 Å². The number of pyridine rings is 1. The van der Waals surface area contributed by atoms with Crippen molar-refractivity contribution in [2.45, 2.75) is 12.5 Å². The van der Waals surface area contributed by atoms with E-state index in [0.717, 1.165) is 5.56 Å². The second-order valence-corrected chi connectivity index (χ2v) is 4.40. The maximum absolute atomic E-state index is 13.7. The van der Waals surface area contributed by atoms with Gasteiger partial charge in [0.15, 0.2) is 0 Å². The van der Waals surface area contributed by atoms with Crippen molar-refractivity contribution in [2.24, 2.45) is 0 Å². The Morgan fingerprint density at radius 3 is 2.55 bits per heavy atom. The molecule has 0 amide bonds. The fourth-order valence-electron chi connectivity index (χ4n) is 2.06. The molecule has 1 aromatic carbocycles. The number of ether oxygens (including phenoxy) is 1. The van der Waals surface area contributed by atoms with Crippen LogP contribution >= 0.6 is 0 Å². The fourth-order valence-corrected chi connectivity index (χ4v) is 2.06. The number of rotatable bonds is 5. The van der Waals surface area contributed by atoms with E-state index in [1.807, 2.05) is 0 Å². The summed E-state index contributed by atoms with van der Waals surface area (Å²) < 4.78 is 32.5. The zero-order chi connectivity index (χ0) is 14.5. The first-order valence-corrected chi connectivity index (χ1v) is 6.24. The summed E-state index contributed by atoms with van der Waals surface area (Å²) in [5, 5.41) is 3.04. The molecule has 106 valence electrons. The summed E-state index contributed by atoms with van der Waals surface area (Å²) in [6, 6.07) is 5.43. The van der Waals surface area contributed by atoms with E-state index in [4.69, 9.17) is 4.74 Å². The molecular formula is C15H16F2N2O. The number of likely N-dealkylation sites (N-methyl/N-ethyl adjacent to an activating group) is 1. The summed E-state index contributed by atoms with van der Waals surface area (Å²) >= 11 is 0. The Morgan fingerprint density at radius 1 is 1.25 bits per heavy atom. The Kier molecular flexibility index (Phi) is 4.63. The highest BCUT2D eigenvalue weighted by atomic mass is 19.1. The van der Waals surface area contributed by atoms with Crippen molar-refractivity contribution in [1.29, 1.82) is 0 Å². The average Bonchev–Trinajstić information content (AvgIpc) is 2.47. The molecule has 1 atom stereocenters. The van der Waals surface area contributed by atoms with Crippen molar-refractivity contribution in [3.8, 4) is 5.75 Å². The van der Waals surface area contributed by atoms with Crippen LogP contribution < -0.4 is 10.1 Å². The Hall–Kier alpha value is -2.01. The van der Waals surface area contributed by atoms with Gasteiger partial charge in [-0.15, -0.1) is 0 Å². The third-order valence-electron chi connectivity index (χ3n) is 3.19. The van der Waals surface area contributed by atoms with E-state index >= 15 is 0 Å². The molecule has 1 N–H and O–H groups in total. The number of halogens is 2. The van der Waals surface area contributed by atoms with Crippen molar-refractivity contribution in [1.82, 2.24) is 10.3 Å². The summed E-state index contributed by atoms with van der Waals surface area (Å²) in [5.74, 6) is -0.473. The van der Waals surface area contributed by atoms with Gasteiger partial charge in [0, 0.05) is 17.8 Å². The summed E-state index contributed by atoms with van der Waals surface area (Å²) in [4.78, 5) is 4.06. The van der Waals surface area contributed by atoms with Crippen LogP contribution in [0.1, 0.15) is 17.2 Å². The third-order valence-corrected chi connectivity index (χ3v) is 3.19. The quantitative estimate of drug-likeness (QED) is 0.913. The second kappa shape index (κ2) is 6.43. The Morgan fingerprint density at radius 2 is 1.95 bits per heavy atom. The molecule has 20 heavy (non-hydrogen) atoms. The van der Waals surface area contributed by atoms with Gasteiger partial charge in [-0.25, -0.2) is 8.78 Å². The lowest BCUT2D eigenvalue weighted by atomic mass is 9.99. The van der Waals surface area contributed by atoms with Crippen LogP contribution in [-0.2, 0) is 6.42 Å². The Balaban J connectivity index is 2.29. The molecule has 0 saturated heterocycles. The standard InChI is InChI=1S/C15H16F2N2O/c1-18-15(10-6-11(20-2)9-19-8-10)7-12-13(16)4-3-5-14(12)17/h3-6,8-9,15,18H,7H2,1-2H3. The van der Waals surface area contributed by atoms with E-state index in [9.17, 15) is 8.78 Å². The molecule has 2 aromatic rings. The van der Waals surface area contributed by atoms with E-state index in [0.29, 0.717) is 5.75 Å². The zero-order valence-corrected chi connectivity index (χ0v) is 11.4. The number of nitrogens with one attached hydrogen (secondary N) is 1. The first-order valence-electron chi connectivity index (χ1n) is 6.24. The predicted molar refractivity (Wildman–Crippen MR) is 72.7 cm³/mol. The van der Waals surface area contributed by atoms with Crippen molar-refractivity contribution in [2.75, 3.05) is 14.2 Å². The van der Waals surface area contributed by atoms with E-state index in [1.54, 1.807) is 32.6 Å². The molecule has 2 rings (SSSR count). The minimum Gasteiger partial charge on any atom is -0.495 e. The second-order valence-electron chi connectivity index (χ2n) is 4.40. The van der Waals surface area contributed by atoms with Crippen LogP contribution in [0.25, 0.3) is 0 Å². The monoisotopic (exact) mass is 278 g/mol. The molecular weight excluding hydrogens is 262 g/mol. The summed E-state index contributed by atoms with van der Waals surface area (Å²) in [6.07, 6.45) is 3.44. The first kappa shape index (κ1) is 14.4. The van der Waals surface area contributed by atoms with Gasteiger partial charge in [0.1, 0.15) is 17.4 Å². The highest BCUT2D eigenvalue weighted by Crippen LogP contribution is 2.23. The number of hydrogen-bond donors (Lipinski definition) is 1. The van der Waals surface area contributed by atoms with Crippen molar-refractivity contribution in [3.63, 3.8) is 0 Å². The zero-order valence-electron chi connectivity index (χ0n) is 11.4. The van der Waals surface area contributed by atoms with Crippen LogP contribution in [0.2, 0.25) is 0 Å². The Labute approximate surface area is 116 Å². The Bertz CT molecular complexity index is 570. The number of benzene rings is 1. The van der Waals surface area contributed by atoms with Gasteiger partial charge in [-0.1, -0.05) is 6.07 Å². The van der Waals surface area contributed by atoms with Gasteiger partial charge in [0.25, 0.3) is 0 Å². The summed E-state index contributed by atoms with van der Waals surface area (Å²) in [6.45, 7) is 0. The van der Waals surface area contributed by atoms with Crippen molar-refractivity contribution >= 4 is 0 Å². The lowest BCUT2D eigenvalue weighted by molar-refractivity contribution is 0.411. The smallest absolute Gasteiger partial charge is 0.137 e. The van der Waals surface area contributed by atoms with E-state index in [1.165, 1.54) is 18.2 Å². The minimum absolute atomic E-state index is 0.0645. The maximum Gasteiger partial charge on any atom is 0.137 e. The van der Waals surface area contributed by atoms with Gasteiger partial charge < -0.3 is 10.1 Å². The van der Waals surface area contributed by atoms with Gasteiger partial charge in [0.2, 0.25) is 0 Å². The molecule has 0 aliphatic heterocycles. The van der Waals surface area contributed by atoms with Gasteiger partial charge in [-0.05, 0) is 37.2 Å². The number of hydrogen-bond acceptors (Lipinski definition) is 3. The molecule has 5 heteroatoms. The highest BCUT2D eigenvalue weighted by Gasteiger charge is 2.17. The minimum atomic E-state index is -0.541. The van der Waals surface area contributed by atoms with Gasteiger partial charge in [-0.2, -0.15) is 0 Å². The fraction of sp³-hybridized carbons (Fsp3) is 0.267. The van der Waals surface area contributed by atoms with Crippen LogP contribution in [0.3, 0.4) is 0 Å². The molecule has 1 unspecified atom stereocenters. The molecule has 0 aliphatic rings. The van der Waals surface area contributed by atoms with Crippen molar-refractivity contribution in [3.05, 3.63) is 59.4 Å². The van der Waals surface area contributed by atoms with Gasteiger partial charge in [-0.3, -0.25) is 4.98 Å². The van der Waals surface area contributed by atoms with E-state index in [-0.39, 0.29) is 18.0 Å². The number of methoxy groups -OCH3 is 1. The first-order chi connectivity index (χ1) is 9.65. The molecule has 0 spiro atoms. The number of aromatic nitrogens is 1. The van der Waals surface area contributed by atoms with E-state index < -0.39 is 11.6 Å². The van der Waals surface area contributed by atoms with Crippen LogP contribution in [0.4, 0.5) is 8.78 Å². The number of nitrogens with zero attached hydrogens (tertiary/aromatic N) is 1. The predicted octanol–water partition coefficient (Wildman–Crippen LogP) is 2.87. The lowest BCUT2D eigenvalue weighted by Crippen LogP contribution is -2.20. The molecule has 1 aromatic heterocycles. The summed E-state index contributed by atoms with van der Waals surface area (Å²) in [7, 11) is 3.29. The molecule has 0 bridgehead atoms. The normalized spacial score (nSPS) is 12.2. The molecule has 0 aliphatic carbocycles. The van der Waals surface area contributed by atoms with Crippen LogP contribution in [0.15, 0.2) is 36.7 Å². The lowest BCUT2D eigenvalue weighted by Gasteiger charge is -2.17. The average molecular weight is 278 g/mol. The van der Waals surface area contributed by atoms with Crippen LogP contribution in [0.5, 0.6) is 5.75 Å². The third kappa shape index (κ3) is 3.11. The largest absolute Gasteiger partial charge is 0.495 e. The molecule has 0 fully saturated rings. The molecule has 0 saturated carbocycles. The molecule has 1 heterocycles. The molecule has 3 nitrogen and oxygen atoms in total. The van der Waals surface area contributed by atoms with Crippen LogP contribution in [0, 0.1) is 11.6 Å².